The zero-order valence-corrected chi connectivity index (χ0v) is 12.6. The molecule has 1 saturated carbocycles. The molecule has 128 valence electrons. The molecule has 1 heterocycles. The van der Waals surface area contributed by atoms with Crippen molar-refractivity contribution < 1.29 is 22.0 Å². The molecule has 2 N–H and O–H groups in total. The number of hydrogen-bond donors (Lipinski definition) is 1. The molecule has 0 amide bonds. The summed E-state index contributed by atoms with van der Waals surface area (Å²) in [6.45, 7) is 0. The second kappa shape index (κ2) is 6.03. The molecule has 1 fully saturated rings. The van der Waals surface area contributed by atoms with Gasteiger partial charge in [-0.05, 0) is 37.0 Å². The van der Waals surface area contributed by atoms with Crippen LogP contribution in [0.1, 0.15) is 37.2 Å². The molecule has 1 aliphatic rings. The lowest BCUT2D eigenvalue weighted by Crippen LogP contribution is -2.24. The van der Waals surface area contributed by atoms with Gasteiger partial charge in [0.15, 0.2) is 0 Å². The van der Waals surface area contributed by atoms with E-state index in [4.69, 9.17) is 5.73 Å². The summed E-state index contributed by atoms with van der Waals surface area (Å²) >= 11 is 0. The van der Waals surface area contributed by atoms with Crippen molar-refractivity contribution in [2.45, 2.75) is 37.5 Å². The van der Waals surface area contributed by atoms with Crippen LogP contribution in [-0.2, 0) is 0 Å². The Kier molecular flexibility index (Phi) is 4.19. The van der Waals surface area contributed by atoms with Gasteiger partial charge in [0.25, 0.3) is 0 Å². The Labute approximate surface area is 135 Å². The van der Waals surface area contributed by atoms with Crippen LogP contribution in [0, 0.1) is 17.5 Å². The number of nitrogen functional groups attached to an aromatic ring is 1. The number of alkyl halides is 2. The van der Waals surface area contributed by atoms with Crippen LogP contribution >= 0.6 is 0 Å². The number of nitrogens with two attached hydrogens (primary N) is 1. The van der Waals surface area contributed by atoms with Crippen molar-refractivity contribution in [3.8, 4) is 11.3 Å². The summed E-state index contributed by atoms with van der Waals surface area (Å²) in [4.78, 5) is 3.78. The Morgan fingerprint density at radius 3 is 2.38 bits per heavy atom. The predicted molar refractivity (Wildman–Crippen MR) is 80.1 cm³/mol. The highest BCUT2D eigenvalue weighted by Gasteiger charge is 2.37. The van der Waals surface area contributed by atoms with E-state index in [2.05, 4.69) is 4.98 Å². The first-order valence-corrected chi connectivity index (χ1v) is 7.55. The number of halogens is 5. The Hall–Kier alpha value is -2.18. The summed E-state index contributed by atoms with van der Waals surface area (Å²) in [5.41, 5.74) is 5.61. The summed E-state index contributed by atoms with van der Waals surface area (Å²) < 4.78 is 68.2. The van der Waals surface area contributed by atoms with E-state index in [1.54, 1.807) is 0 Å². The Bertz CT molecular complexity index is 766. The van der Waals surface area contributed by atoms with E-state index in [0.717, 1.165) is 24.4 Å². The fraction of sp³-hybridized carbons (Fsp3) is 0.353. The molecule has 0 aliphatic heterocycles. The minimum absolute atomic E-state index is 0.0548. The topological polar surface area (TPSA) is 38.9 Å². The normalized spacial score (nSPS) is 17.9. The van der Waals surface area contributed by atoms with Gasteiger partial charge in [-0.25, -0.2) is 22.0 Å². The SMILES string of the molecule is Nc1c(-c2cc(F)ccc2F)ncc(F)c1C1CCC(F)(F)CC1. The van der Waals surface area contributed by atoms with E-state index >= 15 is 0 Å². The van der Waals surface area contributed by atoms with Gasteiger partial charge in [0.2, 0.25) is 5.92 Å². The molecule has 1 aliphatic carbocycles. The van der Waals surface area contributed by atoms with E-state index in [9.17, 15) is 22.0 Å². The van der Waals surface area contributed by atoms with Crippen molar-refractivity contribution in [3.05, 3.63) is 47.4 Å². The minimum atomic E-state index is -2.76. The first-order valence-electron chi connectivity index (χ1n) is 7.55. The number of benzene rings is 1. The third-order valence-corrected chi connectivity index (χ3v) is 4.42. The largest absolute Gasteiger partial charge is 0.397 e. The van der Waals surface area contributed by atoms with Crippen LogP contribution < -0.4 is 5.73 Å². The lowest BCUT2D eigenvalue weighted by Gasteiger charge is -2.29. The van der Waals surface area contributed by atoms with Crippen molar-refractivity contribution in [2.75, 3.05) is 5.73 Å². The standard InChI is InChI=1S/C17H15F5N2/c18-10-1-2-12(19)11(7-10)16-15(23)14(13(20)8-24-16)9-3-5-17(21,22)6-4-9/h1-2,7-9H,3-6,23H2. The van der Waals surface area contributed by atoms with Crippen LogP contribution in [-0.4, -0.2) is 10.9 Å². The van der Waals surface area contributed by atoms with Crippen LogP contribution in [0.25, 0.3) is 11.3 Å². The number of rotatable bonds is 2. The van der Waals surface area contributed by atoms with Crippen LogP contribution in [0.4, 0.5) is 27.6 Å². The van der Waals surface area contributed by atoms with Crippen LogP contribution in [0.15, 0.2) is 24.4 Å². The highest BCUT2D eigenvalue weighted by molar-refractivity contribution is 5.75. The van der Waals surface area contributed by atoms with E-state index in [1.165, 1.54) is 0 Å². The summed E-state index contributed by atoms with van der Waals surface area (Å²) in [6.07, 6.45) is 0.301. The maximum atomic E-state index is 14.2. The van der Waals surface area contributed by atoms with E-state index in [0.29, 0.717) is 0 Å². The van der Waals surface area contributed by atoms with Crippen molar-refractivity contribution in [3.63, 3.8) is 0 Å². The Morgan fingerprint density at radius 1 is 1.04 bits per heavy atom. The average molecular weight is 342 g/mol. The summed E-state index contributed by atoms with van der Waals surface area (Å²) in [5.74, 6) is -5.41. The minimum Gasteiger partial charge on any atom is -0.397 e. The predicted octanol–water partition coefficient (Wildman–Crippen LogP) is 5.04. The second-order valence-electron chi connectivity index (χ2n) is 6.04. The first kappa shape index (κ1) is 16.7. The third-order valence-electron chi connectivity index (χ3n) is 4.42. The second-order valence-corrected chi connectivity index (χ2v) is 6.04. The van der Waals surface area contributed by atoms with Crippen LogP contribution in [0.3, 0.4) is 0 Å². The zero-order valence-electron chi connectivity index (χ0n) is 12.6. The Morgan fingerprint density at radius 2 is 1.71 bits per heavy atom. The number of anilines is 1. The fourth-order valence-corrected chi connectivity index (χ4v) is 3.15. The van der Waals surface area contributed by atoms with Gasteiger partial charge < -0.3 is 5.73 Å². The van der Waals surface area contributed by atoms with E-state index < -0.39 is 29.3 Å². The molecular weight excluding hydrogens is 327 g/mol. The molecule has 2 aromatic rings. The van der Waals surface area contributed by atoms with Crippen molar-refractivity contribution in [2.24, 2.45) is 0 Å². The highest BCUT2D eigenvalue weighted by atomic mass is 19.3. The van der Waals surface area contributed by atoms with Gasteiger partial charge in [-0.1, -0.05) is 0 Å². The number of aromatic nitrogens is 1. The Balaban J connectivity index is 2.04. The molecule has 1 aromatic carbocycles. The van der Waals surface area contributed by atoms with Gasteiger partial charge in [0.05, 0.1) is 17.6 Å². The summed E-state index contributed by atoms with van der Waals surface area (Å²) in [5, 5.41) is 0. The molecule has 0 saturated heterocycles. The molecule has 3 rings (SSSR count). The fourth-order valence-electron chi connectivity index (χ4n) is 3.15. The smallest absolute Gasteiger partial charge is 0.248 e. The summed E-state index contributed by atoms with van der Waals surface area (Å²) in [6, 6.07) is 2.80. The lowest BCUT2D eigenvalue weighted by molar-refractivity contribution is -0.0384. The van der Waals surface area contributed by atoms with Gasteiger partial charge in [-0.3, -0.25) is 4.98 Å². The zero-order chi connectivity index (χ0) is 17.5. The molecule has 0 atom stereocenters. The molecule has 0 spiro atoms. The molecule has 0 bridgehead atoms. The van der Waals surface area contributed by atoms with Gasteiger partial charge in [0.1, 0.15) is 17.5 Å². The van der Waals surface area contributed by atoms with Crippen molar-refractivity contribution >= 4 is 5.69 Å². The first-order chi connectivity index (χ1) is 11.3. The molecule has 24 heavy (non-hydrogen) atoms. The van der Waals surface area contributed by atoms with Gasteiger partial charge in [-0.15, -0.1) is 0 Å². The molecular formula is C17H15F5N2. The van der Waals surface area contributed by atoms with Gasteiger partial charge in [0, 0.05) is 24.0 Å². The molecule has 0 radical (unpaired) electrons. The van der Waals surface area contributed by atoms with Crippen LogP contribution in [0.5, 0.6) is 0 Å². The molecule has 2 nitrogen and oxygen atoms in total. The number of pyridine rings is 1. The average Bonchev–Trinajstić information content (AvgIpc) is 2.52. The van der Waals surface area contributed by atoms with Gasteiger partial charge >= 0.3 is 0 Å². The lowest BCUT2D eigenvalue weighted by atomic mass is 9.81. The molecule has 7 heteroatoms. The maximum Gasteiger partial charge on any atom is 0.248 e. The maximum absolute atomic E-state index is 14.2. The van der Waals surface area contributed by atoms with E-state index in [-0.39, 0.29) is 48.2 Å². The number of nitrogens with zero attached hydrogens (tertiary/aromatic N) is 1. The van der Waals surface area contributed by atoms with Gasteiger partial charge in [-0.2, -0.15) is 0 Å². The molecule has 0 unspecified atom stereocenters. The van der Waals surface area contributed by atoms with E-state index in [1.807, 2.05) is 0 Å². The third kappa shape index (κ3) is 3.07. The monoisotopic (exact) mass is 342 g/mol. The number of hydrogen-bond acceptors (Lipinski definition) is 2. The van der Waals surface area contributed by atoms with Crippen molar-refractivity contribution in [1.29, 1.82) is 0 Å². The molecule has 1 aromatic heterocycles. The van der Waals surface area contributed by atoms with Crippen molar-refractivity contribution in [1.82, 2.24) is 4.98 Å². The highest BCUT2D eigenvalue weighted by Crippen LogP contribution is 2.44. The van der Waals surface area contributed by atoms with Crippen LogP contribution in [0.2, 0.25) is 0 Å². The quantitative estimate of drug-likeness (QED) is 0.777. The summed E-state index contributed by atoms with van der Waals surface area (Å²) in [7, 11) is 0.